The predicted molar refractivity (Wildman–Crippen MR) is 49.0 cm³/mol. The molecule has 0 bridgehead atoms. The first-order valence-electron chi connectivity index (χ1n) is 2.94. The minimum absolute atomic E-state index is 0.0423. The first kappa shape index (κ1) is 9.85. The van der Waals surface area contributed by atoms with Gasteiger partial charge in [-0.05, 0) is 28.6 Å². The second-order valence-corrected chi connectivity index (χ2v) is 4.24. The van der Waals surface area contributed by atoms with Crippen molar-refractivity contribution < 1.29 is 13.6 Å². The maximum absolute atomic E-state index is 10.6. The summed E-state index contributed by atoms with van der Waals surface area (Å²) in [5, 5.41) is 1.11. The molecule has 0 aromatic carbocycles. The van der Waals surface area contributed by atoms with E-state index in [1.54, 1.807) is 5.38 Å². The van der Waals surface area contributed by atoms with E-state index in [1.807, 2.05) is 0 Å². The Bertz CT molecular complexity index is 320. The lowest BCUT2D eigenvalue weighted by molar-refractivity contribution is 0.108. The third kappa shape index (κ3) is 2.67. The molecule has 1 heterocycles. The summed E-state index contributed by atoms with van der Waals surface area (Å²) in [4.78, 5) is 11.0. The molecule has 0 amide bonds. The highest BCUT2D eigenvalue weighted by Gasteiger charge is 2.06. The van der Waals surface area contributed by atoms with E-state index in [4.69, 9.17) is 16.2 Å². The smallest absolute Gasteiger partial charge is 0.262 e. The summed E-state index contributed by atoms with van der Waals surface area (Å²) in [5.41, 5.74) is 0.657. The van der Waals surface area contributed by atoms with E-state index in [0.717, 1.165) is 0 Å². The van der Waals surface area contributed by atoms with Gasteiger partial charge in [-0.25, -0.2) is 4.21 Å². The maximum atomic E-state index is 10.6. The van der Waals surface area contributed by atoms with E-state index in [2.05, 4.69) is 0 Å². The number of thiophene rings is 1. The Kier molecular flexibility index (Phi) is 3.39. The van der Waals surface area contributed by atoms with E-state index in [9.17, 15) is 9.00 Å². The lowest BCUT2D eigenvalue weighted by Gasteiger charge is -1.87. The van der Waals surface area contributed by atoms with Crippen LogP contribution in [0.3, 0.4) is 0 Å². The van der Waals surface area contributed by atoms with Gasteiger partial charge in [0.05, 0.1) is 10.6 Å². The normalized spacial score (nSPS) is 12.8. The van der Waals surface area contributed by atoms with Crippen molar-refractivity contribution in [3.05, 3.63) is 21.9 Å². The summed E-state index contributed by atoms with van der Waals surface area (Å²) in [6, 6.07) is 1.52. The Hall–Kier alpha value is -0.230. The third-order valence-corrected chi connectivity index (χ3v) is 3.01. The molecule has 0 saturated heterocycles. The van der Waals surface area contributed by atoms with Crippen LogP contribution in [0.2, 0.25) is 0 Å². The van der Waals surface area contributed by atoms with Gasteiger partial charge in [0.2, 0.25) is 0 Å². The summed E-state index contributed by atoms with van der Waals surface area (Å²) in [6.07, 6.45) is 0. The molecular weight excluding hydrogens is 220 g/mol. The molecule has 1 atom stereocenters. The van der Waals surface area contributed by atoms with Crippen LogP contribution in [0, 0.1) is 0 Å². The second kappa shape index (κ2) is 4.13. The first-order chi connectivity index (χ1) is 5.59. The Labute approximate surface area is 80.6 Å². The van der Waals surface area contributed by atoms with E-state index < -0.39 is 16.3 Å². The quantitative estimate of drug-likeness (QED) is 0.630. The first-order valence-corrected chi connectivity index (χ1v) is 5.47. The van der Waals surface area contributed by atoms with E-state index in [1.165, 1.54) is 17.4 Å². The predicted octanol–water partition coefficient (Wildman–Crippen LogP) is 1.85. The average molecular weight is 225 g/mol. The van der Waals surface area contributed by atoms with Crippen LogP contribution in [0.15, 0.2) is 11.4 Å². The summed E-state index contributed by atoms with van der Waals surface area (Å²) < 4.78 is 18.9. The van der Waals surface area contributed by atoms with Crippen LogP contribution in [-0.2, 0) is 16.8 Å². The molecule has 0 aliphatic heterocycles. The SMILES string of the molecule is O=C(Cl)c1cc(CS(=O)O)cs1. The van der Waals surface area contributed by atoms with Gasteiger partial charge >= 0.3 is 0 Å². The maximum Gasteiger partial charge on any atom is 0.262 e. The number of rotatable bonds is 3. The van der Waals surface area contributed by atoms with Crippen molar-refractivity contribution in [2.24, 2.45) is 0 Å². The highest BCUT2D eigenvalue weighted by atomic mass is 35.5. The molecule has 1 aromatic heterocycles. The number of halogens is 1. The molecule has 3 nitrogen and oxygen atoms in total. The molecule has 0 aliphatic rings. The summed E-state index contributed by atoms with van der Waals surface area (Å²) in [5.74, 6) is 0.0423. The van der Waals surface area contributed by atoms with Gasteiger partial charge in [0.15, 0.2) is 11.1 Å². The highest BCUT2D eigenvalue weighted by Crippen LogP contribution is 2.17. The minimum atomic E-state index is -1.86. The van der Waals surface area contributed by atoms with Gasteiger partial charge in [0, 0.05) is 0 Å². The van der Waals surface area contributed by atoms with Gasteiger partial charge in [0.25, 0.3) is 5.24 Å². The molecule has 66 valence electrons. The van der Waals surface area contributed by atoms with Crippen LogP contribution in [0.4, 0.5) is 0 Å². The Morgan fingerprint density at radius 2 is 2.42 bits per heavy atom. The number of carbonyl (C=O) groups is 1. The second-order valence-electron chi connectivity index (χ2n) is 2.06. The van der Waals surface area contributed by atoms with Crippen molar-refractivity contribution in [1.29, 1.82) is 0 Å². The molecule has 1 N–H and O–H groups in total. The summed E-state index contributed by atoms with van der Waals surface area (Å²) in [7, 11) is 0. The van der Waals surface area contributed by atoms with Crippen LogP contribution >= 0.6 is 22.9 Å². The molecule has 0 radical (unpaired) electrons. The standard InChI is InChI=1S/C6H5ClO3S2/c7-6(8)5-1-4(2-11-5)3-12(9)10/h1-2H,3H2,(H,9,10). The zero-order chi connectivity index (χ0) is 9.14. The zero-order valence-electron chi connectivity index (χ0n) is 5.82. The van der Waals surface area contributed by atoms with Gasteiger partial charge in [-0.15, -0.1) is 11.3 Å². The molecule has 0 fully saturated rings. The molecule has 1 unspecified atom stereocenters. The van der Waals surface area contributed by atoms with Crippen molar-refractivity contribution in [2.45, 2.75) is 5.75 Å². The van der Waals surface area contributed by atoms with E-state index >= 15 is 0 Å². The van der Waals surface area contributed by atoms with Crippen molar-refractivity contribution in [2.75, 3.05) is 0 Å². The number of hydrogen-bond donors (Lipinski definition) is 1. The fourth-order valence-corrected chi connectivity index (χ4v) is 2.18. The van der Waals surface area contributed by atoms with Gasteiger partial charge in [-0.3, -0.25) is 4.79 Å². The lowest BCUT2D eigenvalue weighted by atomic mass is 10.3. The van der Waals surface area contributed by atoms with Crippen molar-refractivity contribution >= 4 is 39.3 Å². The molecule has 6 heteroatoms. The summed E-state index contributed by atoms with van der Waals surface area (Å²) >= 11 is 4.49. The fourth-order valence-electron chi connectivity index (χ4n) is 0.697. The topological polar surface area (TPSA) is 54.4 Å². The van der Waals surface area contributed by atoms with Gasteiger partial charge < -0.3 is 4.55 Å². The van der Waals surface area contributed by atoms with E-state index in [-0.39, 0.29) is 5.75 Å². The van der Waals surface area contributed by atoms with Crippen molar-refractivity contribution in [3.63, 3.8) is 0 Å². The Balaban J connectivity index is 2.77. The van der Waals surface area contributed by atoms with Gasteiger partial charge in [0.1, 0.15) is 0 Å². The zero-order valence-corrected chi connectivity index (χ0v) is 8.21. The molecule has 0 saturated carbocycles. The lowest BCUT2D eigenvalue weighted by Crippen LogP contribution is -1.90. The number of hydrogen-bond acceptors (Lipinski definition) is 3. The number of carbonyl (C=O) groups excluding carboxylic acids is 1. The van der Waals surface area contributed by atoms with Crippen LogP contribution in [0.25, 0.3) is 0 Å². The molecule has 1 rings (SSSR count). The molecule has 1 aromatic rings. The monoisotopic (exact) mass is 224 g/mol. The van der Waals surface area contributed by atoms with Crippen molar-refractivity contribution in [1.82, 2.24) is 0 Å². The minimum Gasteiger partial charge on any atom is -0.306 e. The van der Waals surface area contributed by atoms with Crippen LogP contribution in [0.1, 0.15) is 15.2 Å². The van der Waals surface area contributed by atoms with Crippen molar-refractivity contribution in [3.8, 4) is 0 Å². The van der Waals surface area contributed by atoms with Crippen LogP contribution in [0.5, 0.6) is 0 Å². The molecule has 0 aliphatic carbocycles. The van der Waals surface area contributed by atoms with Gasteiger partial charge in [-0.2, -0.15) is 0 Å². The fraction of sp³-hybridized carbons (Fsp3) is 0.167. The Morgan fingerprint density at radius 1 is 1.75 bits per heavy atom. The molecular formula is C6H5ClO3S2. The molecule has 0 spiro atoms. The average Bonchev–Trinajstić information content (AvgIpc) is 2.34. The largest absolute Gasteiger partial charge is 0.306 e. The molecule has 12 heavy (non-hydrogen) atoms. The van der Waals surface area contributed by atoms with E-state index in [0.29, 0.717) is 10.4 Å². The van der Waals surface area contributed by atoms with Crippen LogP contribution < -0.4 is 0 Å². The third-order valence-electron chi connectivity index (χ3n) is 1.14. The Morgan fingerprint density at radius 3 is 2.83 bits per heavy atom. The van der Waals surface area contributed by atoms with Gasteiger partial charge in [-0.1, -0.05) is 0 Å². The summed E-state index contributed by atoms with van der Waals surface area (Å²) in [6.45, 7) is 0. The van der Waals surface area contributed by atoms with Crippen LogP contribution in [-0.4, -0.2) is 14.0 Å². The highest BCUT2D eigenvalue weighted by molar-refractivity contribution is 7.78.